The molecule has 1 aromatic heterocycles. The molecule has 0 aliphatic carbocycles. The average Bonchev–Trinajstić information content (AvgIpc) is 2.18. The first-order valence-electron chi connectivity index (χ1n) is 4.78. The van der Waals surface area contributed by atoms with E-state index in [1.165, 1.54) is 0 Å². The summed E-state index contributed by atoms with van der Waals surface area (Å²) in [7, 11) is 0. The minimum absolute atomic E-state index is 0.0143. The highest BCUT2D eigenvalue weighted by Crippen LogP contribution is 2.19. The molecular formula is C10H17N3O. The predicted octanol–water partition coefficient (Wildman–Crippen LogP) is 0.602. The first-order chi connectivity index (χ1) is 6.64. The molecule has 0 bridgehead atoms. The summed E-state index contributed by atoms with van der Waals surface area (Å²) < 4.78 is 0. The monoisotopic (exact) mass is 195 g/mol. The molecule has 0 spiro atoms. The van der Waals surface area contributed by atoms with E-state index in [0.29, 0.717) is 0 Å². The Balaban J connectivity index is 3.05. The third-order valence-corrected chi connectivity index (χ3v) is 2.29. The number of aryl methyl sites for hydroxylation is 1. The quantitative estimate of drug-likeness (QED) is 0.738. The Morgan fingerprint density at radius 3 is 2.57 bits per heavy atom. The second-order valence-electron chi connectivity index (χ2n) is 3.51. The van der Waals surface area contributed by atoms with Crippen LogP contribution in [0.15, 0.2) is 12.4 Å². The van der Waals surface area contributed by atoms with Crippen molar-refractivity contribution in [2.75, 3.05) is 13.2 Å². The number of aliphatic hydroxyl groups excluding tert-OH is 1. The van der Waals surface area contributed by atoms with Gasteiger partial charge in [0.25, 0.3) is 0 Å². The van der Waals surface area contributed by atoms with E-state index in [4.69, 9.17) is 0 Å². The van der Waals surface area contributed by atoms with E-state index in [-0.39, 0.29) is 6.61 Å². The van der Waals surface area contributed by atoms with Crippen molar-refractivity contribution in [2.24, 2.45) is 0 Å². The van der Waals surface area contributed by atoms with Crippen LogP contribution < -0.4 is 5.32 Å². The topological polar surface area (TPSA) is 58.0 Å². The third kappa shape index (κ3) is 2.08. The van der Waals surface area contributed by atoms with E-state index in [1.807, 2.05) is 20.8 Å². The fraction of sp³-hybridized carbons (Fsp3) is 0.600. The van der Waals surface area contributed by atoms with Gasteiger partial charge < -0.3 is 10.4 Å². The first-order valence-corrected chi connectivity index (χ1v) is 4.78. The number of likely N-dealkylation sites (N-methyl/N-ethyl adjacent to an activating group) is 1. The summed E-state index contributed by atoms with van der Waals surface area (Å²) in [6.07, 6.45) is 3.30. The molecule has 1 heterocycles. The van der Waals surface area contributed by atoms with Crippen molar-refractivity contribution in [2.45, 2.75) is 26.3 Å². The molecule has 0 fully saturated rings. The van der Waals surface area contributed by atoms with E-state index >= 15 is 0 Å². The number of hydrogen-bond acceptors (Lipinski definition) is 4. The number of aliphatic hydroxyl groups is 1. The van der Waals surface area contributed by atoms with Crippen LogP contribution in [0, 0.1) is 6.92 Å². The summed E-state index contributed by atoms with van der Waals surface area (Å²) in [6.45, 7) is 6.62. The van der Waals surface area contributed by atoms with Gasteiger partial charge in [-0.25, -0.2) is 0 Å². The van der Waals surface area contributed by atoms with Crippen LogP contribution >= 0.6 is 0 Å². The zero-order valence-electron chi connectivity index (χ0n) is 8.91. The Kier molecular flexibility index (Phi) is 3.55. The number of nitrogens with zero attached hydrogens (tertiary/aromatic N) is 2. The van der Waals surface area contributed by atoms with Crippen LogP contribution in [0.4, 0.5) is 0 Å². The minimum atomic E-state index is -0.493. The Bertz CT molecular complexity index is 303. The SMILES string of the molecule is CCNC(C)(CO)c1nccnc1C. The summed E-state index contributed by atoms with van der Waals surface area (Å²) in [5, 5.41) is 12.6. The van der Waals surface area contributed by atoms with Gasteiger partial charge in [-0.2, -0.15) is 0 Å². The lowest BCUT2D eigenvalue weighted by molar-refractivity contribution is 0.172. The van der Waals surface area contributed by atoms with Gasteiger partial charge in [-0.15, -0.1) is 0 Å². The van der Waals surface area contributed by atoms with Crippen molar-refractivity contribution < 1.29 is 5.11 Å². The van der Waals surface area contributed by atoms with Crippen LogP contribution in [-0.2, 0) is 5.54 Å². The lowest BCUT2D eigenvalue weighted by Crippen LogP contribution is -2.44. The Labute approximate surface area is 84.4 Å². The Morgan fingerprint density at radius 1 is 1.43 bits per heavy atom. The van der Waals surface area contributed by atoms with Crippen molar-refractivity contribution in [1.82, 2.24) is 15.3 Å². The summed E-state index contributed by atoms with van der Waals surface area (Å²) >= 11 is 0. The van der Waals surface area contributed by atoms with Gasteiger partial charge in [0, 0.05) is 12.4 Å². The summed E-state index contributed by atoms with van der Waals surface area (Å²) in [6, 6.07) is 0. The van der Waals surface area contributed by atoms with Gasteiger partial charge in [0.2, 0.25) is 0 Å². The molecule has 14 heavy (non-hydrogen) atoms. The summed E-state index contributed by atoms with van der Waals surface area (Å²) in [5.41, 5.74) is 1.17. The fourth-order valence-electron chi connectivity index (χ4n) is 1.55. The van der Waals surface area contributed by atoms with Crippen LogP contribution in [0.5, 0.6) is 0 Å². The maximum Gasteiger partial charge on any atom is 0.0837 e. The van der Waals surface area contributed by atoms with Crippen molar-refractivity contribution in [1.29, 1.82) is 0 Å². The maximum atomic E-state index is 9.36. The van der Waals surface area contributed by atoms with E-state index < -0.39 is 5.54 Å². The Hall–Kier alpha value is -1.00. The molecule has 0 saturated heterocycles. The fourth-order valence-corrected chi connectivity index (χ4v) is 1.55. The molecule has 0 radical (unpaired) electrons. The number of hydrogen-bond donors (Lipinski definition) is 2. The zero-order valence-corrected chi connectivity index (χ0v) is 8.91. The molecule has 0 saturated carbocycles. The second kappa shape index (κ2) is 4.48. The van der Waals surface area contributed by atoms with Gasteiger partial charge in [-0.3, -0.25) is 9.97 Å². The minimum Gasteiger partial charge on any atom is -0.394 e. The molecule has 1 unspecified atom stereocenters. The van der Waals surface area contributed by atoms with Gasteiger partial charge in [0.15, 0.2) is 0 Å². The highest BCUT2D eigenvalue weighted by molar-refractivity contribution is 5.18. The third-order valence-electron chi connectivity index (χ3n) is 2.29. The van der Waals surface area contributed by atoms with E-state index in [1.54, 1.807) is 12.4 Å². The highest BCUT2D eigenvalue weighted by Gasteiger charge is 2.28. The molecular weight excluding hydrogens is 178 g/mol. The molecule has 2 N–H and O–H groups in total. The normalized spacial score (nSPS) is 15.1. The second-order valence-corrected chi connectivity index (χ2v) is 3.51. The summed E-state index contributed by atoms with van der Waals surface area (Å²) in [4.78, 5) is 8.42. The molecule has 0 aliphatic heterocycles. The van der Waals surface area contributed by atoms with Crippen LogP contribution in [-0.4, -0.2) is 28.2 Å². The van der Waals surface area contributed by atoms with Crippen LogP contribution in [0.25, 0.3) is 0 Å². The predicted molar refractivity (Wildman–Crippen MR) is 54.9 cm³/mol. The van der Waals surface area contributed by atoms with Gasteiger partial charge in [-0.05, 0) is 20.4 Å². The van der Waals surface area contributed by atoms with Gasteiger partial charge >= 0.3 is 0 Å². The first kappa shape index (κ1) is 11.1. The molecule has 4 nitrogen and oxygen atoms in total. The average molecular weight is 195 g/mol. The molecule has 0 aliphatic rings. The number of aromatic nitrogens is 2. The van der Waals surface area contributed by atoms with Crippen LogP contribution in [0.2, 0.25) is 0 Å². The Morgan fingerprint density at radius 2 is 2.07 bits per heavy atom. The van der Waals surface area contributed by atoms with Crippen molar-refractivity contribution in [3.63, 3.8) is 0 Å². The molecule has 0 amide bonds. The van der Waals surface area contributed by atoms with Gasteiger partial charge in [0.05, 0.1) is 23.5 Å². The van der Waals surface area contributed by atoms with E-state index in [0.717, 1.165) is 17.9 Å². The van der Waals surface area contributed by atoms with Gasteiger partial charge in [-0.1, -0.05) is 6.92 Å². The molecule has 1 rings (SSSR count). The largest absolute Gasteiger partial charge is 0.394 e. The molecule has 1 atom stereocenters. The maximum absolute atomic E-state index is 9.36. The van der Waals surface area contributed by atoms with Crippen LogP contribution in [0.1, 0.15) is 25.2 Å². The standard InChI is InChI=1S/C10H17N3O/c1-4-13-10(3,7-14)9-8(2)11-5-6-12-9/h5-6,13-14H,4,7H2,1-3H3. The molecule has 78 valence electrons. The van der Waals surface area contributed by atoms with Crippen molar-refractivity contribution >= 4 is 0 Å². The number of nitrogens with one attached hydrogen (secondary N) is 1. The molecule has 4 heteroatoms. The highest BCUT2D eigenvalue weighted by atomic mass is 16.3. The van der Waals surface area contributed by atoms with Crippen LogP contribution in [0.3, 0.4) is 0 Å². The lowest BCUT2D eigenvalue weighted by atomic mass is 9.97. The van der Waals surface area contributed by atoms with Crippen molar-refractivity contribution in [3.8, 4) is 0 Å². The van der Waals surface area contributed by atoms with Gasteiger partial charge in [0.1, 0.15) is 0 Å². The van der Waals surface area contributed by atoms with E-state index in [2.05, 4.69) is 15.3 Å². The number of rotatable bonds is 4. The molecule has 1 aromatic rings. The lowest BCUT2D eigenvalue weighted by Gasteiger charge is -2.28. The molecule has 0 aromatic carbocycles. The smallest absolute Gasteiger partial charge is 0.0837 e. The summed E-state index contributed by atoms with van der Waals surface area (Å²) in [5.74, 6) is 0. The van der Waals surface area contributed by atoms with Crippen molar-refractivity contribution in [3.05, 3.63) is 23.8 Å². The zero-order chi connectivity index (χ0) is 10.6. The van der Waals surface area contributed by atoms with E-state index in [9.17, 15) is 5.11 Å².